The summed E-state index contributed by atoms with van der Waals surface area (Å²) in [7, 11) is 1.65. The Hall–Kier alpha value is -2.14. The van der Waals surface area contributed by atoms with E-state index in [4.69, 9.17) is 0 Å². The van der Waals surface area contributed by atoms with E-state index in [0.29, 0.717) is 13.1 Å². The van der Waals surface area contributed by atoms with E-state index in [1.165, 1.54) is 11.0 Å². The van der Waals surface area contributed by atoms with Crippen molar-refractivity contribution in [2.45, 2.75) is 0 Å². The topological polar surface area (TPSA) is 52.7 Å². The monoisotopic (exact) mass is 287 g/mol. The number of benzene rings is 1. The molecule has 21 heavy (non-hydrogen) atoms. The van der Waals surface area contributed by atoms with E-state index in [1.807, 2.05) is 30.3 Å². The van der Waals surface area contributed by atoms with Gasteiger partial charge in [0.15, 0.2) is 0 Å². The van der Waals surface area contributed by atoms with E-state index >= 15 is 0 Å². The minimum Gasteiger partial charge on any atom is -0.339 e. The largest absolute Gasteiger partial charge is 0.339 e. The van der Waals surface area contributed by atoms with Crippen molar-refractivity contribution in [1.29, 1.82) is 0 Å². The Morgan fingerprint density at radius 2 is 1.90 bits per heavy atom. The predicted octanol–water partition coefficient (Wildman–Crippen LogP) is 0.590. The zero-order chi connectivity index (χ0) is 15.1. The summed E-state index contributed by atoms with van der Waals surface area (Å²) in [6.45, 7) is 3.17. The number of amides is 2. The number of hydrogen-bond acceptors (Lipinski definition) is 3. The van der Waals surface area contributed by atoms with E-state index in [2.05, 4.69) is 5.32 Å². The number of nitrogens with one attached hydrogen (secondary N) is 1. The molecule has 0 aromatic heterocycles. The van der Waals surface area contributed by atoms with Crippen LogP contribution < -0.4 is 5.32 Å². The van der Waals surface area contributed by atoms with Crippen LogP contribution in [0.4, 0.5) is 0 Å². The van der Waals surface area contributed by atoms with Crippen LogP contribution in [0, 0.1) is 0 Å². The van der Waals surface area contributed by atoms with Crippen LogP contribution in [0.5, 0.6) is 0 Å². The molecule has 1 aliphatic rings. The van der Waals surface area contributed by atoms with Crippen LogP contribution in [-0.4, -0.2) is 61.4 Å². The van der Waals surface area contributed by atoms with E-state index in [9.17, 15) is 9.59 Å². The van der Waals surface area contributed by atoms with Crippen LogP contribution in [-0.2, 0) is 9.59 Å². The molecule has 1 heterocycles. The van der Waals surface area contributed by atoms with Gasteiger partial charge in [0.1, 0.15) is 0 Å². The Kier molecular flexibility index (Phi) is 5.51. The van der Waals surface area contributed by atoms with E-state index in [1.54, 1.807) is 18.0 Å². The van der Waals surface area contributed by atoms with Crippen molar-refractivity contribution in [3.05, 3.63) is 42.0 Å². The van der Waals surface area contributed by atoms with Gasteiger partial charge >= 0.3 is 0 Å². The van der Waals surface area contributed by atoms with Gasteiger partial charge in [0.25, 0.3) is 0 Å². The van der Waals surface area contributed by atoms with Crippen molar-refractivity contribution in [3.63, 3.8) is 0 Å². The van der Waals surface area contributed by atoms with Gasteiger partial charge < -0.3 is 15.1 Å². The lowest BCUT2D eigenvalue weighted by atomic mass is 10.2. The van der Waals surface area contributed by atoms with Crippen LogP contribution >= 0.6 is 0 Å². The van der Waals surface area contributed by atoms with E-state index in [-0.39, 0.29) is 18.4 Å². The second-order valence-electron chi connectivity index (χ2n) is 5.07. The minimum atomic E-state index is -0.165. The molecule has 0 spiro atoms. The first-order valence-electron chi connectivity index (χ1n) is 7.13. The van der Waals surface area contributed by atoms with Gasteiger partial charge in [0.2, 0.25) is 11.8 Å². The lowest BCUT2D eigenvalue weighted by Gasteiger charge is -2.29. The van der Waals surface area contributed by atoms with E-state index in [0.717, 1.165) is 18.7 Å². The summed E-state index contributed by atoms with van der Waals surface area (Å²) in [5.41, 5.74) is 0.965. The predicted molar refractivity (Wildman–Crippen MR) is 82.6 cm³/mol. The standard InChI is InChI=1S/C16H21N3O2/c1-18(13-16(21)19-11-9-17-10-12-19)15(20)8-7-14-5-3-2-4-6-14/h2-8,17H,9-13H2,1H3/b8-7+. The van der Waals surface area contributed by atoms with Crippen molar-refractivity contribution in [3.8, 4) is 0 Å². The van der Waals surface area contributed by atoms with Crippen molar-refractivity contribution >= 4 is 17.9 Å². The fraction of sp³-hybridized carbons (Fsp3) is 0.375. The number of rotatable bonds is 4. The number of nitrogens with zero attached hydrogens (tertiary/aromatic N) is 2. The summed E-state index contributed by atoms with van der Waals surface area (Å²) in [5.74, 6) is -0.164. The molecular formula is C16H21N3O2. The highest BCUT2D eigenvalue weighted by molar-refractivity contribution is 5.94. The Labute approximate surface area is 125 Å². The number of carbonyl (C=O) groups excluding carboxylic acids is 2. The third kappa shape index (κ3) is 4.72. The van der Waals surface area contributed by atoms with E-state index < -0.39 is 0 Å². The number of hydrogen-bond donors (Lipinski definition) is 1. The minimum absolute atomic E-state index is 0.000427. The highest BCUT2D eigenvalue weighted by atomic mass is 16.2. The molecule has 5 nitrogen and oxygen atoms in total. The summed E-state index contributed by atoms with van der Waals surface area (Å²) >= 11 is 0. The zero-order valence-electron chi connectivity index (χ0n) is 12.3. The average Bonchev–Trinajstić information content (AvgIpc) is 2.54. The summed E-state index contributed by atoms with van der Waals surface area (Å²) in [5, 5.41) is 3.20. The molecule has 1 fully saturated rings. The lowest BCUT2D eigenvalue weighted by molar-refractivity contribution is -0.137. The van der Waals surface area contributed by atoms with Crippen LogP contribution in [0.25, 0.3) is 6.08 Å². The molecule has 1 saturated heterocycles. The number of carbonyl (C=O) groups is 2. The summed E-state index contributed by atoms with van der Waals surface area (Å²) in [6, 6.07) is 9.62. The normalized spacial score (nSPS) is 15.2. The van der Waals surface area contributed by atoms with Gasteiger partial charge in [-0.3, -0.25) is 9.59 Å². The maximum Gasteiger partial charge on any atom is 0.246 e. The first-order valence-corrected chi connectivity index (χ1v) is 7.13. The van der Waals surface area contributed by atoms with Crippen LogP contribution in [0.3, 0.4) is 0 Å². The zero-order valence-corrected chi connectivity index (χ0v) is 12.3. The Balaban J connectivity index is 1.84. The summed E-state index contributed by atoms with van der Waals surface area (Å²) in [4.78, 5) is 27.3. The molecule has 2 rings (SSSR count). The fourth-order valence-corrected chi connectivity index (χ4v) is 2.15. The Morgan fingerprint density at radius 3 is 2.57 bits per heavy atom. The number of likely N-dealkylation sites (N-methyl/N-ethyl adjacent to an activating group) is 1. The molecule has 0 radical (unpaired) electrons. The molecule has 0 saturated carbocycles. The molecular weight excluding hydrogens is 266 g/mol. The van der Waals surface area contributed by atoms with Gasteiger partial charge in [0.05, 0.1) is 6.54 Å². The summed E-state index contributed by atoms with van der Waals surface area (Å²) < 4.78 is 0. The quantitative estimate of drug-likeness (QED) is 0.825. The molecule has 0 atom stereocenters. The lowest BCUT2D eigenvalue weighted by Crippen LogP contribution is -2.49. The van der Waals surface area contributed by atoms with Gasteiger partial charge in [-0.25, -0.2) is 0 Å². The van der Waals surface area contributed by atoms with Gasteiger partial charge in [-0.1, -0.05) is 30.3 Å². The maximum atomic E-state index is 12.1. The maximum absolute atomic E-state index is 12.1. The average molecular weight is 287 g/mol. The highest BCUT2D eigenvalue weighted by Crippen LogP contribution is 2.02. The fourth-order valence-electron chi connectivity index (χ4n) is 2.15. The summed E-state index contributed by atoms with van der Waals surface area (Å²) in [6.07, 6.45) is 3.26. The van der Waals surface area contributed by atoms with Crippen LogP contribution in [0.2, 0.25) is 0 Å². The molecule has 1 aromatic carbocycles. The third-order valence-corrected chi connectivity index (χ3v) is 3.44. The smallest absolute Gasteiger partial charge is 0.246 e. The Bertz CT molecular complexity index is 508. The Morgan fingerprint density at radius 1 is 1.24 bits per heavy atom. The van der Waals surface area contributed by atoms with Gasteiger partial charge in [0, 0.05) is 39.3 Å². The van der Waals surface area contributed by atoms with Crippen molar-refractivity contribution in [1.82, 2.24) is 15.1 Å². The van der Waals surface area contributed by atoms with Gasteiger partial charge in [-0.05, 0) is 11.6 Å². The van der Waals surface area contributed by atoms with Crippen molar-refractivity contribution < 1.29 is 9.59 Å². The molecule has 112 valence electrons. The van der Waals surface area contributed by atoms with Crippen LogP contribution in [0.1, 0.15) is 5.56 Å². The third-order valence-electron chi connectivity index (χ3n) is 3.44. The molecule has 0 bridgehead atoms. The van der Waals surface area contributed by atoms with Crippen molar-refractivity contribution in [2.75, 3.05) is 39.8 Å². The van der Waals surface area contributed by atoms with Gasteiger partial charge in [-0.15, -0.1) is 0 Å². The first kappa shape index (κ1) is 15.3. The van der Waals surface area contributed by atoms with Crippen molar-refractivity contribution in [2.24, 2.45) is 0 Å². The molecule has 1 aromatic rings. The van der Waals surface area contributed by atoms with Gasteiger partial charge in [-0.2, -0.15) is 0 Å². The van der Waals surface area contributed by atoms with Crippen LogP contribution in [0.15, 0.2) is 36.4 Å². The number of piperazine rings is 1. The molecule has 5 heteroatoms. The molecule has 2 amide bonds. The molecule has 1 N–H and O–H groups in total. The molecule has 1 aliphatic heterocycles. The first-order chi connectivity index (χ1) is 10.2. The molecule has 0 unspecified atom stereocenters. The molecule has 0 aliphatic carbocycles. The second-order valence-corrected chi connectivity index (χ2v) is 5.07. The second kappa shape index (κ2) is 7.59. The SMILES string of the molecule is CN(CC(=O)N1CCNCC1)C(=O)/C=C/c1ccccc1. The highest BCUT2D eigenvalue weighted by Gasteiger charge is 2.18.